The van der Waals surface area contributed by atoms with Crippen LogP contribution in [0.2, 0.25) is 0 Å². The van der Waals surface area contributed by atoms with Gasteiger partial charge in [0.15, 0.2) is 0 Å². The van der Waals surface area contributed by atoms with Crippen molar-refractivity contribution >= 4 is 79.9 Å². The van der Waals surface area contributed by atoms with E-state index in [4.69, 9.17) is 9.98 Å². The molecule has 0 amide bonds. The molecule has 4 heterocycles. The molecule has 0 aliphatic heterocycles. The number of para-hydroxylation sites is 1. The lowest BCUT2D eigenvalue weighted by Gasteiger charge is -2.18. The van der Waals surface area contributed by atoms with Gasteiger partial charge < -0.3 is 0 Å². The van der Waals surface area contributed by atoms with E-state index >= 15 is 0 Å². The van der Waals surface area contributed by atoms with E-state index in [2.05, 4.69) is 307 Å². The molecule has 17 aromatic rings. The highest BCUT2D eigenvalue weighted by Crippen LogP contribution is 2.47. The van der Waals surface area contributed by atoms with Crippen LogP contribution in [0.15, 0.2) is 384 Å². The molecule has 4 aromatic heterocycles. The van der Waals surface area contributed by atoms with Gasteiger partial charge in [-0.25, -0.2) is 0 Å². The molecule has 0 spiro atoms. The van der Waals surface area contributed by atoms with Crippen LogP contribution in [0.25, 0.3) is 99.1 Å². The molecule has 0 fully saturated rings. The van der Waals surface area contributed by atoms with Crippen molar-refractivity contribution in [1.29, 1.82) is 0 Å². The molecule has 13 aromatic carbocycles. The highest BCUT2D eigenvalue weighted by atomic mass is 14.8. The number of aliphatic imine (C=N–C) groups is 4. The monoisotopic (exact) mass is 1420 g/mol. The normalized spacial score (nSPS) is 11.2. The van der Waals surface area contributed by atoms with Crippen LogP contribution in [0.5, 0.6) is 0 Å². The average molecular weight is 1420 g/mol. The lowest BCUT2D eigenvalue weighted by atomic mass is 9.87. The van der Waals surface area contributed by atoms with E-state index < -0.39 is 0 Å². The van der Waals surface area contributed by atoms with E-state index in [1.807, 2.05) is 116 Å². The molecule has 110 heavy (non-hydrogen) atoms. The Morgan fingerprint density at radius 3 is 0.945 bits per heavy atom. The van der Waals surface area contributed by atoms with E-state index in [1.165, 1.54) is 93.5 Å². The number of benzene rings is 13. The Kier molecular flexibility index (Phi) is 23.4. The molecule has 0 radical (unpaired) electrons. The summed E-state index contributed by atoms with van der Waals surface area (Å²) in [5, 5.41) is 7.30. The summed E-state index contributed by atoms with van der Waals surface area (Å²) in [5.41, 5.74) is 28.4. The minimum Gasteiger partial charge on any atom is -0.255 e. The second-order valence-corrected chi connectivity index (χ2v) is 27.2. The zero-order valence-electron chi connectivity index (χ0n) is 62.5. The van der Waals surface area contributed by atoms with Crippen LogP contribution >= 0.6 is 0 Å². The van der Waals surface area contributed by atoms with E-state index in [0.29, 0.717) is 0 Å². The summed E-state index contributed by atoms with van der Waals surface area (Å²) in [7, 11) is 0. The van der Waals surface area contributed by atoms with Crippen LogP contribution in [0.3, 0.4) is 0 Å². The Bertz CT molecular complexity index is 5980. The quantitative estimate of drug-likeness (QED) is 0.101. The molecule has 0 unspecified atom stereocenters. The maximum absolute atomic E-state index is 5.19. The third-order valence-electron chi connectivity index (χ3n) is 19.2. The van der Waals surface area contributed by atoms with Crippen LogP contribution in [0.4, 0.5) is 22.7 Å². The Hall–Kier alpha value is -14.1. The molecule has 0 bridgehead atoms. The first-order valence-corrected chi connectivity index (χ1v) is 37.0. The molecule has 0 N–H and O–H groups in total. The first kappa shape index (κ1) is 72.8. The van der Waals surface area contributed by atoms with E-state index in [1.54, 1.807) is 37.2 Å². The summed E-state index contributed by atoms with van der Waals surface area (Å²) in [6.07, 6.45) is 14.4. The fraction of sp³-hybridized carbons (Fsp3) is 0.0588. The summed E-state index contributed by atoms with van der Waals surface area (Å²) in [4.78, 5) is 36.4. The zero-order valence-corrected chi connectivity index (χ0v) is 62.5. The lowest BCUT2D eigenvalue weighted by molar-refractivity contribution is 1.30. The van der Waals surface area contributed by atoms with Gasteiger partial charge in [0.2, 0.25) is 0 Å². The van der Waals surface area contributed by atoms with Gasteiger partial charge in [0, 0.05) is 47.0 Å². The number of rotatable bonds is 14. The molecule has 0 aliphatic carbocycles. The molecule has 0 saturated carbocycles. The number of hydrogen-bond donors (Lipinski definition) is 0. The first-order valence-electron chi connectivity index (χ1n) is 37.0. The minimum absolute atomic E-state index is 0.819. The van der Waals surface area contributed by atoms with Crippen molar-refractivity contribution < 1.29 is 0 Å². The van der Waals surface area contributed by atoms with E-state index in [0.717, 1.165) is 84.5 Å². The maximum atomic E-state index is 5.19. The van der Waals surface area contributed by atoms with Crippen LogP contribution in [0, 0.1) is 41.5 Å². The van der Waals surface area contributed by atoms with Gasteiger partial charge >= 0.3 is 0 Å². The van der Waals surface area contributed by atoms with Crippen LogP contribution in [-0.4, -0.2) is 44.8 Å². The predicted molar refractivity (Wildman–Crippen MR) is 465 cm³/mol. The van der Waals surface area contributed by atoms with Crippen molar-refractivity contribution in [1.82, 2.24) is 19.9 Å². The van der Waals surface area contributed by atoms with Gasteiger partial charge in [-0.15, -0.1) is 0 Å². The lowest BCUT2D eigenvalue weighted by Crippen LogP contribution is -1.93. The van der Waals surface area contributed by atoms with Crippen molar-refractivity contribution in [3.8, 4) is 66.8 Å². The summed E-state index contributed by atoms with van der Waals surface area (Å²) in [6, 6.07) is 118. The van der Waals surface area contributed by atoms with Gasteiger partial charge in [0.1, 0.15) is 0 Å². The number of hydrogen-bond acceptors (Lipinski definition) is 8. The number of nitrogens with zero attached hydrogens (tertiary/aromatic N) is 8. The van der Waals surface area contributed by atoms with Crippen molar-refractivity contribution in [2.45, 2.75) is 41.5 Å². The van der Waals surface area contributed by atoms with Crippen molar-refractivity contribution in [2.24, 2.45) is 20.0 Å². The second-order valence-electron chi connectivity index (χ2n) is 27.2. The smallest absolute Gasteiger partial charge is 0.0812 e. The molecule has 0 saturated heterocycles. The third-order valence-corrected chi connectivity index (χ3v) is 19.2. The largest absolute Gasteiger partial charge is 0.255 e. The Balaban J connectivity index is 0.000000135. The van der Waals surface area contributed by atoms with E-state index in [9.17, 15) is 0 Å². The zero-order chi connectivity index (χ0) is 75.4. The molecular weight excluding hydrogens is 1340 g/mol. The van der Waals surface area contributed by atoms with Crippen LogP contribution < -0.4 is 0 Å². The number of aryl methyl sites for hydroxylation is 6. The van der Waals surface area contributed by atoms with Crippen molar-refractivity contribution in [2.75, 3.05) is 0 Å². The Morgan fingerprint density at radius 1 is 0.209 bits per heavy atom. The summed E-state index contributed by atoms with van der Waals surface area (Å²) in [6.45, 7) is 12.7. The maximum Gasteiger partial charge on any atom is 0.0812 e. The SMILES string of the molecule is C(=Nc1c(-c2ccc3ccccc3c2)cc(-c2ccc3ccccc3c2)cc1-c1ccc2ccccc2c1)c1ccccn1.Cc1cc(C)cc(N=Cc2ccccn2)c1.Cc1ccccc1-c1cc(-c2ccccc2C)c(N=Cc2ccccn2)c(-c2ccccc2C)c1.Cc1ccccc1N=Cc1ccccn1. The third kappa shape index (κ3) is 18.4. The topological polar surface area (TPSA) is 101 Å². The van der Waals surface area contributed by atoms with Crippen molar-refractivity contribution in [3.05, 3.63) is 421 Å². The fourth-order valence-corrected chi connectivity index (χ4v) is 13.5. The number of fused-ring (bicyclic) bond motifs is 3. The van der Waals surface area contributed by atoms with Gasteiger partial charge in [-0.3, -0.25) is 39.9 Å². The number of pyridine rings is 4. The molecule has 8 nitrogen and oxygen atoms in total. The Labute approximate surface area is 644 Å². The number of aromatic nitrogens is 4. The highest BCUT2D eigenvalue weighted by molar-refractivity contribution is 6.02. The average Bonchev–Trinajstić information content (AvgIpc) is 0.768. The van der Waals surface area contributed by atoms with Gasteiger partial charge in [-0.1, -0.05) is 231 Å². The predicted octanol–water partition coefficient (Wildman–Crippen LogP) is 26.6. The summed E-state index contributed by atoms with van der Waals surface area (Å²) < 4.78 is 0. The van der Waals surface area contributed by atoms with Gasteiger partial charge in [-0.2, -0.15) is 0 Å². The standard InChI is InChI=1S/C42H28N2.C33H28N2.C14H14N2.C13H12N2/c1-4-12-32-23-35(19-16-29(32)9-1)38-26-40(36-20-17-30-10-2-5-13-33(30)24-36)42(44-28-39-15-7-8-22-43-39)41(27-38)37-21-18-31-11-3-6-14-34(31)25-37;1-23-12-4-7-16-28(23)26-20-31(29-17-8-5-13-24(29)2)33(35-22-27-15-10-11-19-34-27)32(21-26)30-18-9-6-14-25(30)3;1-11-7-12(2)9-14(8-11)16-10-13-5-3-4-6-15-13;1-11-6-2-3-8-13(11)15-10-12-7-4-5-9-14-12/h1-28H;4-22H,1-3H3;3-10H,1-2H3;2-10H,1H3. The fourth-order valence-electron chi connectivity index (χ4n) is 13.5. The molecule has 0 aliphatic rings. The second kappa shape index (κ2) is 35.3. The molecule has 530 valence electrons. The summed E-state index contributed by atoms with van der Waals surface area (Å²) in [5.74, 6) is 0. The van der Waals surface area contributed by atoms with Crippen LogP contribution in [-0.2, 0) is 0 Å². The molecule has 17 rings (SSSR count). The summed E-state index contributed by atoms with van der Waals surface area (Å²) >= 11 is 0. The molecule has 8 heteroatoms. The van der Waals surface area contributed by atoms with E-state index in [-0.39, 0.29) is 0 Å². The molecule has 0 atom stereocenters. The van der Waals surface area contributed by atoms with Gasteiger partial charge in [-0.05, 0) is 261 Å². The van der Waals surface area contributed by atoms with Gasteiger partial charge in [0.25, 0.3) is 0 Å². The van der Waals surface area contributed by atoms with Gasteiger partial charge in [0.05, 0.1) is 70.4 Å². The Morgan fingerprint density at radius 2 is 0.536 bits per heavy atom. The molecular formula is C102H82N8. The minimum atomic E-state index is 0.819. The first-order chi connectivity index (χ1) is 54.0. The van der Waals surface area contributed by atoms with Crippen molar-refractivity contribution in [3.63, 3.8) is 0 Å². The van der Waals surface area contributed by atoms with Crippen LogP contribution in [0.1, 0.15) is 56.2 Å². The highest BCUT2D eigenvalue weighted by Gasteiger charge is 2.20.